The number of hydrogen-bond donors (Lipinski definition) is 2. The smallest absolute Gasteiger partial charge is 0.0441 e. The molecule has 0 aliphatic carbocycles. The summed E-state index contributed by atoms with van der Waals surface area (Å²) in [5.74, 6) is 0. The van der Waals surface area contributed by atoms with Crippen LogP contribution in [-0.4, -0.2) is 13.1 Å². The summed E-state index contributed by atoms with van der Waals surface area (Å²) in [6.45, 7) is 3.70. The van der Waals surface area contributed by atoms with Crippen molar-refractivity contribution in [1.82, 2.24) is 0 Å². The van der Waals surface area contributed by atoms with E-state index in [1.54, 1.807) is 6.07 Å². The summed E-state index contributed by atoms with van der Waals surface area (Å²) >= 11 is 11.9. The molecule has 2 nitrogen and oxygen atoms in total. The van der Waals surface area contributed by atoms with Crippen molar-refractivity contribution in [2.75, 3.05) is 23.7 Å². The molecule has 100 valence electrons. The summed E-state index contributed by atoms with van der Waals surface area (Å²) in [6.07, 6.45) is 0. The average molecular weight is 295 g/mol. The van der Waals surface area contributed by atoms with Crippen LogP contribution in [0.2, 0.25) is 10.0 Å². The quantitative estimate of drug-likeness (QED) is 0.772. The van der Waals surface area contributed by atoms with Gasteiger partial charge in [0.15, 0.2) is 0 Å². The van der Waals surface area contributed by atoms with Crippen molar-refractivity contribution in [3.63, 3.8) is 0 Å². The van der Waals surface area contributed by atoms with Gasteiger partial charge in [-0.2, -0.15) is 0 Å². The van der Waals surface area contributed by atoms with Gasteiger partial charge in [0, 0.05) is 34.5 Å². The number of anilines is 2. The molecule has 2 aromatic carbocycles. The summed E-state index contributed by atoms with van der Waals surface area (Å²) in [5.41, 5.74) is 3.32. The Balaban J connectivity index is 1.79. The molecular weight excluding hydrogens is 279 g/mol. The van der Waals surface area contributed by atoms with Crippen molar-refractivity contribution in [3.05, 3.63) is 58.1 Å². The first kappa shape index (κ1) is 14.0. The molecule has 0 atom stereocenters. The van der Waals surface area contributed by atoms with E-state index in [2.05, 4.69) is 41.8 Å². The lowest BCUT2D eigenvalue weighted by molar-refractivity contribution is 1.08. The van der Waals surface area contributed by atoms with Gasteiger partial charge in [0.25, 0.3) is 0 Å². The Morgan fingerprint density at radius 1 is 0.789 bits per heavy atom. The van der Waals surface area contributed by atoms with Crippen LogP contribution in [0.1, 0.15) is 5.56 Å². The Labute approximate surface area is 123 Å². The minimum atomic E-state index is 0.640. The zero-order valence-corrected chi connectivity index (χ0v) is 12.2. The van der Waals surface area contributed by atoms with Gasteiger partial charge >= 0.3 is 0 Å². The highest BCUT2D eigenvalue weighted by molar-refractivity contribution is 6.35. The molecule has 0 saturated heterocycles. The van der Waals surface area contributed by atoms with E-state index in [1.807, 2.05) is 12.1 Å². The molecule has 0 aliphatic rings. The van der Waals surface area contributed by atoms with Crippen LogP contribution in [-0.2, 0) is 0 Å². The molecule has 0 saturated carbocycles. The van der Waals surface area contributed by atoms with Gasteiger partial charge in [0.05, 0.1) is 0 Å². The first-order valence-electron chi connectivity index (χ1n) is 6.14. The highest BCUT2D eigenvalue weighted by Gasteiger charge is 1.97. The fourth-order valence-corrected chi connectivity index (χ4v) is 2.27. The number of hydrogen-bond acceptors (Lipinski definition) is 2. The predicted molar refractivity (Wildman–Crippen MR) is 84.6 cm³/mol. The SMILES string of the molecule is Cc1ccc(NCCNc2cc(Cl)cc(Cl)c2)cc1. The third-order valence-corrected chi connectivity index (χ3v) is 3.13. The molecule has 0 aromatic heterocycles. The molecule has 19 heavy (non-hydrogen) atoms. The third-order valence-electron chi connectivity index (χ3n) is 2.70. The fraction of sp³-hybridized carbons (Fsp3) is 0.200. The molecule has 0 heterocycles. The maximum absolute atomic E-state index is 5.93. The molecule has 2 aromatic rings. The number of nitrogens with one attached hydrogen (secondary N) is 2. The monoisotopic (exact) mass is 294 g/mol. The van der Waals surface area contributed by atoms with E-state index in [-0.39, 0.29) is 0 Å². The molecule has 2 N–H and O–H groups in total. The van der Waals surface area contributed by atoms with Crippen LogP contribution in [0.15, 0.2) is 42.5 Å². The minimum absolute atomic E-state index is 0.640. The largest absolute Gasteiger partial charge is 0.383 e. The lowest BCUT2D eigenvalue weighted by Gasteiger charge is -2.09. The average Bonchev–Trinajstić information content (AvgIpc) is 2.36. The first-order valence-corrected chi connectivity index (χ1v) is 6.89. The highest BCUT2D eigenvalue weighted by atomic mass is 35.5. The van der Waals surface area contributed by atoms with Crippen LogP contribution in [0.25, 0.3) is 0 Å². The second-order valence-corrected chi connectivity index (χ2v) is 5.25. The summed E-state index contributed by atoms with van der Waals surface area (Å²) in [5, 5.41) is 7.90. The minimum Gasteiger partial charge on any atom is -0.383 e. The summed E-state index contributed by atoms with van der Waals surface area (Å²) < 4.78 is 0. The molecule has 0 unspecified atom stereocenters. The number of aryl methyl sites for hydroxylation is 1. The maximum Gasteiger partial charge on any atom is 0.0441 e. The van der Waals surface area contributed by atoms with Crippen molar-refractivity contribution in [1.29, 1.82) is 0 Å². The summed E-state index contributed by atoms with van der Waals surface area (Å²) in [4.78, 5) is 0. The Kier molecular flexibility index (Phi) is 4.94. The number of rotatable bonds is 5. The van der Waals surface area contributed by atoms with Gasteiger partial charge in [-0.05, 0) is 37.3 Å². The van der Waals surface area contributed by atoms with E-state index >= 15 is 0 Å². The second-order valence-electron chi connectivity index (χ2n) is 4.38. The maximum atomic E-state index is 5.93. The van der Waals surface area contributed by atoms with E-state index < -0.39 is 0 Å². The zero-order valence-electron chi connectivity index (χ0n) is 10.7. The van der Waals surface area contributed by atoms with Gasteiger partial charge < -0.3 is 10.6 Å². The van der Waals surface area contributed by atoms with Crippen LogP contribution < -0.4 is 10.6 Å². The van der Waals surface area contributed by atoms with Crippen molar-refractivity contribution in [3.8, 4) is 0 Å². The lowest BCUT2D eigenvalue weighted by Crippen LogP contribution is -2.13. The summed E-state index contributed by atoms with van der Waals surface area (Å²) in [6, 6.07) is 13.8. The van der Waals surface area contributed by atoms with Crippen LogP contribution in [0.5, 0.6) is 0 Å². The number of benzene rings is 2. The molecule has 0 spiro atoms. The standard InChI is InChI=1S/C15H16Cl2N2/c1-11-2-4-14(5-3-11)18-6-7-19-15-9-12(16)8-13(17)10-15/h2-5,8-10,18-19H,6-7H2,1H3. The Morgan fingerprint density at radius 3 is 1.89 bits per heavy atom. The normalized spacial score (nSPS) is 10.3. The predicted octanol–water partition coefficient (Wildman–Crippen LogP) is 4.83. The van der Waals surface area contributed by atoms with Gasteiger partial charge in [0.1, 0.15) is 0 Å². The third kappa shape index (κ3) is 4.66. The topological polar surface area (TPSA) is 24.1 Å². The van der Waals surface area contributed by atoms with E-state index in [4.69, 9.17) is 23.2 Å². The van der Waals surface area contributed by atoms with E-state index in [9.17, 15) is 0 Å². The molecular formula is C15H16Cl2N2. The van der Waals surface area contributed by atoms with E-state index in [0.717, 1.165) is 24.5 Å². The Bertz CT molecular complexity index is 518. The van der Waals surface area contributed by atoms with Gasteiger partial charge in [0.2, 0.25) is 0 Å². The Morgan fingerprint density at radius 2 is 1.32 bits per heavy atom. The molecule has 2 rings (SSSR count). The number of halogens is 2. The zero-order chi connectivity index (χ0) is 13.7. The first-order chi connectivity index (χ1) is 9.13. The molecule has 0 bridgehead atoms. The van der Waals surface area contributed by atoms with Crippen LogP contribution in [0.3, 0.4) is 0 Å². The molecule has 4 heteroatoms. The van der Waals surface area contributed by atoms with Crippen molar-refractivity contribution in [2.45, 2.75) is 6.92 Å². The van der Waals surface area contributed by atoms with E-state index in [0.29, 0.717) is 10.0 Å². The van der Waals surface area contributed by atoms with Crippen molar-refractivity contribution < 1.29 is 0 Å². The van der Waals surface area contributed by atoms with Crippen LogP contribution >= 0.6 is 23.2 Å². The summed E-state index contributed by atoms with van der Waals surface area (Å²) in [7, 11) is 0. The van der Waals surface area contributed by atoms with Crippen LogP contribution in [0.4, 0.5) is 11.4 Å². The molecule has 0 aliphatic heterocycles. The molecule has 0 amide bonds. The fourth-order valence-electron chi connectivity index (χ4n) is 1.74. The second kappa shape index (κ2) is 6.69. The van der Waals surface area contributed by atoms with Crippen molar-refractivity contribution in [2.24, 2.45) is 0 Å². The Hall–Kier alpha value is -1.38. The van der Waals surface area contributed by atoms with Gasteiger partial charge in [-0.25, -0.2) is 0 Å². The van der Waals surface area contributed by atoms with Gasteiger partial charge in [-0.1, -0.05) is 40.9 Å². The van der Waals surface area contributed by atoms with Crippen LogP contribution in [0, 0.1) is 6.92 Å². The lowest BCUT2D eigenvalue weighted by atomic mass is 10.2. The molecule has 0 fully saturated rings. The van der Waals surface area contributed by atoms with Crippen molar-refractivity contribution >= 4 is 34.6 Å². The van der Waals surface area contributed by atoms with Gasteiger partial charge in [-0.3, -0.25) is 0 Å². The van der Waals surface area contributed by atoms with Gasteiger partial charge in [-0.15, -0.1) is 0 Å². The highest BCUT2D eigenvalue weighted by Crippen LogP contribution is 2.22. The molecule has 0 radical (unpaired) electrons. The van der Waals surface area contributed by atoms with E-state index in [1.165, 1.54) is 5.56 Å².